The third-order valence-electron chi connectivity index (χ3n) is 4.48. The van der Waals surface area contributed by atoms with Crippen LogP contribution in [0.5, 0.6) is 0 Å². The molecule has 2 heteroatoms. The van der Waals surface area contributed by atoms with E-state index in [1.807, 2.05) is 0 Å². The molecule has 4 unspecified atom stereocenters. The molecule has 0 spiro atoms. The largest absolute Gasteiger partial charge is 0.326 e. The number of rotatable bonds is 2. The first-order valence-electron chi connectivity index (χ1n) is 6.70. The molecule has 2 fully saturated rings. The van der Waals surface area contributed by atoms with Gasteiger partial charge in [0.15, 0.2) is 0 Å². The van der Waals surface area contributed by atoms with Crippen LogP contribution >= 0.6 is 0 Å². The Morgan fingerprint density at radius 3 is 2.67 bits per heavy atom. The summed E-state index contributed by atoms with van der Waals surface area (Å²) in [4.78, 5) is 2.66. The lowest BCUT2D eigenvalue weighted by molar-refractivity contribution is 0.131. The smallest absolute Gasteiger partial charge is 0.0249 e. The van der Waals surface area contributed by atoms with Crippen molar-refractivity contribution in [2.24, 2.45) is 17.6 Å². The second kappa shape index (κ2) is 4.84. The second-order valence-electron chi connectivity index (χ2n) is 5.71. The summed E-state index contributed by atoms with van der Waals surface area (Å²) in [6, 6.07) is 1.13. The molecule has 88 valence electrons. The quantitative estimate of drug-likeness (QED) is 0.757. The topological polar surface area (TPSA) is 29.3 Å². The minimum Gasteiger partial charge on any atom is -0.326 e. The zero-order chi connectivity index (χ0) is 10.8. The van der Waals surface area contributed by atoms with Crippen LogP contribution in [0.4, 0.5) is 0 Å². The van der Waals surface area contributed by atoms with Crippen LogP contribution in [0.1, 0.15) is 46.0 Å². The molecule has 4 atom stereocenters. The number of nitrogens with zero attached hydrogens (tertiary/aromatic N) is 1. The molecule has 15 heavy (non-hydrogen) atoms. The predicted molar refractivity (Wildman–Crippen MR) is 64.7 cm³/mol. The first-order chi connectivity index (χ1) is 7.20. The summed E-state index contributed by atoms with van der Waals surface area (Å²) in [7, 11) is 0. The SMILES string of the molecule is CCC1CCC(N)C(N2CCC(C)C2)C1. The van der Waals surface area contributed by atoms with Gasteiger partial charge < -0.3 is 5.73 Å². The van der Waals surface area contributed by atoms with Crippen LogP contribution in [-0.4, -0.2) is 30.1 Å². The molecule has 1 aliphatic heterocycles. The molecule has 0 aromatic heterocycles. The van der Waals surface area contributed by atoms with Crippen LogP contribution in [-0.2, 0) is 0 Å². The van der Waals surface area contributed by atoms with E-state index in [1.54, 1.807) is 0 Å². The second-order valence-corrected chi connectivity index (χ2v) is 5.71. The maximum Gasteiger partial charge on any atom is 0.0249 e. The average Bonchev–Trinajstić information content (AvgIpc) is 2.65. The van der Waals surface area contributed by atoms with Crippen LogP contribution in [0.3, 0.4) is 0 Å². The number of hydrogen-bond donors (Lipinski definition) is 1. The van der Waals surface area contributed by atoms with E-state index in [4.69, 9.17) is 5.73 Å². The van der Waals surface area contributed by atoms with Crippen LogP contribution in [0.15, 0.2) is 0 Å². The van der Waals surface area contributed by atoms with Gasteiger partial charge in [-0.15, -0.1) is 0 Å². The molecule has 0 aromatic carbocycles. The molecule has 1 saturated carbocycles. The van der Waals surface area contributed by atoms with Gasteiger partial charge in [0.1, 0.15) is 0 Å². The minimum absolute atomic E-state index is 0.443. The summed E-state index contributed by atoms with van der Waals surface area (Å²) < 4.78 is 0. The lowest BCUT2D eigenvalue weighted by Crippen LogP contribution is -2.50. The van der Waals surface area contributed by atoms with E-state index >= 15 is 0 Å². The minimum atomic E-state index is 0.443. The summed E-state index contributed by atoms with van der Waals surface area (Å²) in [6.45, 7) is 7.27. The number of likely N-dealkylation sites (tertiary alicyclic amines) is 1. The van der Waals surface area contributed by atoms with Gasteiger partial charge in [-0.2, -0.15) is 0 Å². The summed E-state index contributed by atoms with van der Waals surface area (Å²) in [6.07, 6.45) is 6.67. The molecule has 1 heterocycles. The Labute approximate surface area is 94.2 Å². The molecule has 2 aliphatic rings. The Morgan fingerprint density at radius 2 is 2.07 bits per heavy atom. The van der Waals surface area contributed by atoms with E-state index in [0.717, 1.165) is 11.8 Å². The van der Waals surface area contributed by atoms with Crippen molar-refractivity contribution in [2.45, 2.75) is 58.0 Å². The highest BCUT2D eigenvalue weighted by atomic mass is 15.2. The Kier molecular flexibility index (Phi) is 3.68. The van der Waals surface area contributed by atoms with E-state index in [9.17, 15) is 0 Å². The lowest BCUT2D eigenvalue weighted by atomic mass is 9.81. The van der Waals surface area contributed by atoms with Crippen molar-refractivity contribution in [2.75, 3.05) is 13.1 Å². The molecular formula is C13H26N2. The summed E-state index contributed by atoms with van der Waals surface area (Å²) in [5.74, 6) is 1.82. The van der Waals surface area contributed by atoms with Gasteiger partial charge in [-0.3, -0.25) is 4.90 Å². The monoisotopic (exact) mass is 210 g/mol. The van der Waals surface area contributed by atoms with Gasteiger partial charge in [0, 0.05) is 18.6 Å². The predicted octanol–water partition coefficient (Wildman–Crippen LogP) is 2.23. The molecule has 0 amide bonds. The van der Waals surface area contributed by atoms with Gasteiger partial charge in [0.25, 0.3) is 0 Å². The Bertz CT molecular complexity index is 205. The van der Waals surface area contributed by atoms with Gasteiger partial charge in [-0.05, 0) is 44.1 Å². The summed E-state index contributed by atoms with van der Waals surface area (Å²) >= 11 is 0. The van der Waals surface area contributed by atoms with Gasteiger partial charge in [0.2, 0.25) is 0 Å². The van der Waals surface area contributed by atoms with Gasteiger partial charge in [-0.1, -0.05) is 20.3 Å². The Hall–Kier alpha value is -0.0800. The van der Waals surface area contributed by atoms with E-state index < -0.39 is 0 Å². The third kappa shape index (κ3) is 2.54. The van der Waals surface area contributed by atoms with E-state index in [2.05, 4.69) is 18.7 Å². The van der Waals surface area contributed by atoms with E-state index in [0.29, 0.717) is 12.1 Å². The number of nitrogens with two attached hydrogens (primary N) is 1. The van der Waals surface area contributed by atoms with Crippen molar-refractivity contribution >= 4 is 0 Å². The molecule has 1 aliphatic carbocycles. The van der Waals surface area contributed by atoms with Crippen molar-refractivity contribution < 1.29 is 0 Å². The normalized spacial score (nSPS) is 43.4. The summed E-state index contributed by atoms with van der Waals surface area (Å²) in [5.41, 5.74) is 6.28. The molecular weight excluding hydrogens is 184 g/mol. The van der Waals surface area contributed by atoms with Crippen molar-refractivity contribution in [3.63, 3.8) is 0 Å². The fraction of sp³-hybridized carbons (Fsp3) is 1.00. The van der Waals surface area contributed by atoms with Gasteiger partial charge in [0.05, 0.1) is 0 Å². The fourth-order valence-electron chi connectivity index (χ4n) is 3.32. The van der Waals surface area contributed by atoms with Crippen LogP contribution in [0, 0.1) is 11.8 Å². The van der Waals surface area contributed by atoms with E-state index in [-0.39, 0.29) is 0 Å². The standard InChI is InChI=1S/C13H26N2/c1-3-11-4-5-12(14)13(8-11)15-7-6-10(2)9-15/h10-13H,3-9,14H2,1-2H3. The van der Waals surface area contributed by atoms with Crippen molar-refractivity contribution in [1.29, 1.82) is 0 Å². The van der Waals surface area contributed by atoms with Crippen molar-refractivity contribution in [3.8, 4) is 0 Å². The molecule has 0 bridgehead atoms. The maximum absolute atomic E-state index is 6.28. The van der Waals surface area contributed by atoms with E-state index in [1.165, 1.54) is 45.2 Å². The van der Waals surface area contributed by atoms with Crippen molar-refractivity contribution in [3.05, 3.63) is 0 Å². The Balaban J connectivity index is 1.93. The van der Waals surface area contributed by atoms with Crippen LogP contribution in [0.25, 0.3) is 0 Å². The highest BCUT2D eigenvalue weighted by Crippen LogP contribution is 2.31. The van der Waals surface area contributed by atoms with Crippen LogP contribution < -0.4 is 5.73 Å². The first kappa shape index (κ1) is 11.4. The zero-order valence-electron chi connectivity index (χ0n) is 10.3. The maximum atomic E-state index is 6.28. The first-order valence-corrected chi connectivity index (χ1v) is 6.70. The van der Waals surface area contributed by atoms with Gasteiger partial charge >= 0.3 is 0 Å². The van der Waals surface area contributed by atoms with Crippen LogP contribution in [0.2, 0.25) is 0 Å². The average molecular weight is 210 g/mol. The molecule has 0 aromatic rings. The molecule has 1 saturated heterocycles. The molecule has 2 N–H and O–H groups in total. The molecule has 2 nitrogen and oxygen atoms in total. The number of hydrogen-bond acceptors (Lipinski definition) is 2. The Morgan fingerprint density at radius 1 is 1.27 bits per heavy atom. The lowest BCUT2D eigenvalue weighted by Gasteiger charge is -2.39. The van der Waals surface area contributed by atoms with Crippen molar-refractivity contribution in [1.82, 2.24) is 4.90 Å². The third-order valence-corrected chi connectivity index (χ3v) is 4.48. The highest BCUT2D eigenvalue weighted by Gasteiger charge is 2.34. The van der Waals surface area contributed by atoms with Gasteiger partial charge in [-0.25, -0.2) is 0 Å². The fourth-order valence-corrected chi connectivity index (χ4v) is 3.32. The molecule has 0 radical (unpaired) electrons. The molecule has 2 rings (SSSR count). The summed E-state index contributed by atoms with van der Waals surface area (Å²) in [5, 5.41) is 0. The highest BCUT2D eigenvalue weighted by molar-refractivity contribution is 4.91. The zero-order valence-corrected chi connectivity index (χ0v) is 10.3.